The molecule has 2 rings (SSSR count). The maximum absolute atomic E-state index is 12.6. The summed E-state index contributed by atoms with van der Waals surface area (Å²) in [7, 11) is -9.62. The fourth-order valence-corrected chi connectivity index (χ4v) is 2.79. The Balaban J connectivity index is 2.03. The van der Waals surface area contributed by atoms with Gasteiger partial charge in [0.1, 0.15) is 17.3 Å². The Hall–Kier alpha value is -1.76. The van der Waals surface area contributed by atoms with Crippen LogP contribution in [0.4, 0.5) is 19.4 Å². The van der Waals surface area contributed by atoms with Crippen molar-refractivity contribution in [3.8, 4) is 5.75 Å². The largest absolute Gasteiger partial charge is 0.489 e. The van der Waals surface area contributed by atoms with Gasteiger partial charge >= 0.3 is 10.2 Å². The quantitative estimate of drug-likeness (QED) is 0.483. The highest BCUT2D eigenvalue weighted by atomic mass is 32.5. The van der Waals surface area contributed by atoms with Crippen LogP contribution in [0.25, 0.3) is 0 Å². The highest BCUT2D eigenvalue weighted by Crippen LogP contribution is 3.02. The first-order valence-electron chi connectivity index (χ1n) is 7.45. The second kappa shape index (κ2) is 5.65. The molecule has 0 saturated carbocycles. The summed E-state index contributed by atoms with van der Waals surface area (Å²) in [6.07, 6.45) is 1.02. The molecule has 0 bridgehead atoms. The molecule has 0 amide bonds. The molecule has 24 heavy (non-hydrogen) atoms. The minimum atomic E-state index is -9.62. The van der Waals surface area contributed by atoms with Crippen molar-refractivity contribution in [1.29, 1.82) is 0 Å². The average molecular weight is 366 g/mol. The molecule has 0 heterocycles. The maximum atomic E-state index is 12.6. The highest BCUT2D eigenvalue weighted by molar-refractivity contribution is 8.45. The molecule has 7 heteroatoms. The molecule has 0 aliphatic heterocycles. The van der Waals surface area contributed by atoms with Gasteiger partial charge in [0, 0.05) is 0 Å². The number of hydrogen-bond donors (Lipinski definition) is 0. The molecule has 1 atom stereocenters. The lowest BCUT2D eigenvalue weighted by Crippen LogP contribution is -2.05. The first-order chi connectivity index (χ1) is 10.9. The zero-order valence-corrected chi connectivity index (χ0v) is 14.1. The van der Waals surface area contributed by atoms with Crippen LogP contribution in [0.1, 0.15) is 37.3 Å². The van der Waals surface area contributed by atoms with Crippen molar-refractivity contribution in [3.05, 3.63) is 59.7 Å². The van der Waals surface area contributed by atoms with Crippen molar-refractivity contribution in [1.82, 2.24) is 0 Å². The molecular formula is C17H19F5OS. The van der Waals surface area contributed by atoms with E-state index in [0.717, 1.165) is 24.1 Å². The minimum Gasteiger partial charge on any atom is -0.489 e. The van der Waals surface area contributed by atoms with E-state index in [1.54, 1.807) is 0 Å². The topological polar surface area (TPSA) is 9.23 Å². The lowest BCUT2D eigenvalue weighted by molar-refractivity contribution is 0.305. The molecular weight excluding hydrogens is 347 g/mol. The number of rotatable bonds is 6. The van der Waals surface area contributed by atoms with Crippen LogP contribution in [-0.2, 0) is 6.61 Å². The van der Waals surface area contributed by atoms with Gasteiger partial charge in [0.05, 0.1) is 0 Å². The zero-order chi connectivity index (χ0) is 18.1. The Bertz CT molecular complexity index is 693. The molecule has 0 radical (unpaired) electrons. The van der Waals surface area contributed by atoms with Gasteiger partial charge in [-0.2, -0.15) is 0 Å². The van der Waals surface area contributed by atoms with Gasteiger partial charge in [0.25, 0.3) is 0 Å². The standard InChI is InChI=1S/C17H19F5OS/c1-3-13(2)15-6-4-14(5-7-15)12-23-16-8-10-17(11-9-16)24(18,19,20,21)22/h4-11,13H,3,12H2,1-2H3. The Morgan fingerprint density at radius 3 is 1.88 bits per heavy atom. The third kappa shape index (κ3) is 4.87. The van der Waals surface area contributed by atoms with Crippen molar-refractivity contribution in [2.24, 2.45) is 0 Å². The lowest BCUT2D eigenvalue weighted by Gasteiger charge is -2.40. The van der Waals surface area contributed by atoms with E-state index in [4.69, 9.17) is 4.74 Å². The lowest BCUT2D eigenvalue weighted by atomic mass is 9.98. The summed E-state index contributed by atoms with van der Waals surface area (Å²) in [6, 6.07) is 10.2. The number of hydrogen-bond acceptors (Lipinski definition) is 1. The predicted octanol–water partition coefficient (Wildman–Crippen LogP) is 7.44. The third-order valence-corrected chi connectivity index (χ3v) is 5.00. The van der Waals surface area contributed by atoms with E-state index in [-0.39, 0.29) is 12.4 Å². The van der Waals surface area contributed by atoms with Crippen molar-refractivity contribution >= 4 is 10.2 Å². The van der Waals surface area contributed by atoms with Crippen LogP contribution in [0.15, 0.2) is 53.4 Å². The Morgan fingerprint density at radius 2 is 1.42 bits per heavy atom. The Kier molecular flexibility index (Phi) is 4.37. The van der Waals surface area contributed by atoms with E-state index in [9.17, 15) is 19.4 Å². The molecule has 134 valence electrons. The summed E-state index contributed by atoms with van der Waals surface area (Å²) >= 11 is 0. The smallest absolute Gasteiger partial charge is 0.310 e. The van der Waals surface area contributed by atoms with Gasteiger partial charge in [-0.3, -0.25) is 0 Å². The second-order valence-electron chi connectivity index (χ2n) is 5.78. The van der Waals surface area contributed by atoms with Gasteiger partial charge in [0.15, 0.2) is 0 Å². The molecule has 0 aliphatic rings. The van der Waals surface area contributed by atoms with Gasteiger partial charge in [-0.05, 0) is 47.7 Å². The van der Waals surface area contributed by atoms with Crippen LogP contribution in [0.5, 0.6) is 5.75 Å². The predicted molar refractivity (Wildman–Crippen MR) is 87.3 cm³/mol. The Labute approximate surface area is 138 Å². The normalized spacial score (nSPS) is 16.1. The van der Waals surface area contributed by atoms with Gasteiger partial charge in [-0.15, -0.1) is 0 Å². The first kappa shape index (κ1) is 18.6. The Morgan fingerprint density at radius 1 is 0.875 bits per heavy atom. The zero-order valence-electron chi connectivity index (χ0n) is 13.3. The maximum Gasteiger partial charge on any atom is 0.310 e. The van der Waals surface area contributed by atoms with Gasteiger partial charge in [0.2, 0.25) is 0 Å². The van der Waals surface area contributed by atoms with E-state index >= 15 is 0 Å². The molecule has 2 aromatic rings. The fraction of sp³-hybridized carbons (Fsp3) is 0.294. The van der Waals surface area contributed by atoms with Crippen molar-refractivity contribution in [3.63, 3.8) is 0 Å². The molecule has 0 spiro atoms. The molecule has 0 fully saturated rings. The summed E-state index contributed by atoms with van der Waals surface area (Å²) in [5.74, 6) is 0.547. The van der Waals surface area contributed by atoms with Crippen LogP contribution < -0.4 is 4.74 Å². The monoisotopic (exact) mass is 366 g/mol. The summed E-state index contributed by atoms with van der Waals surface area (Å²) in [6.45, 7) is 4.36. The average Bonchev–Trinajstić information content (AvgIpc) is 2.51. The molecule has 1 nitrogen and oxygen atoms in total. The summed E-state index contributed by atoms with van der Waals surface area (Å²) in [5.41, 5.74) is 2.04. The summed E-state index contributed by atoms with van der Waals surface area (Å²) in [4.78, 5) is -1.92. The number of halogens is 5. The third-order valence-electron chi connectivity index (χ3n) is 3.84. The second-order valence-corrected chi connectivity index (χ2v) is 8.19. The first-order valence-corrected chi connectivity index (χ1v) is 9.40. The van der Waals surface area contributed by atoms with Crippen LogP contribution in [0, 0.1) is 0 Å². The van der Waals surface area contributed by atoms with Gasteiger partial charge in [-0.25, -0.2) is 0 Å². The SMILES string of the molecule is CCC(C)c1ccc(COc2ccc(S(F)(F)(F)(F)F)cc2)cc1. The summed E-state index contributed by atoms with van der Waals surface area (Å²) in [5, 5.41) is 0. The van der Waals surface area contributed by atoms with Crippen LogP contribution in [0.3, 0.4) is 0 Å². The van der Waals surface area contributed by atoms with E-state index in [0.29, 0.717) is 18.1 Å². The number of benzene rings is 2. The van der Waals surface area contributed by atoms with Crippen LogP contribution in [-0.4, -0.2) is 0 Å². The summed E-state index contributed by atoms with van der Waals surface area (Å²) < 4.78 is 68.5. The van der Waals surface area contributed by atoms with E-state index in [1.807, 2.05) is 24.3 Å². The molecule has 2 aromatic carbocycles. The van der Waals surface area contributed by atoms with E-state index in [2.05, 4.69) is 13.8 Å². The van der Waals surface area contributed by atoms with Gasteiger partial charge in [-0.1, -0.05) is 57.5 Å². The van der Waals surface area contributed by atoms with Crippen molar-refractivity contribution < 1.29 is 24.2 Å². The minimum absolute atomic E-state index is 0.103. The van der Waals surface area contributed by atoms with E-state index in [1.165, 1.54) is 5.56 Å². The molecule has 0 aliphatic carbocycles. The highest BCUT2D eigenvalue weighted by Gasteiger charge is 2.65. The molecule has 0 saturated heterocycles. The fourth-order valence-electron chi connectivity index (χ4n) is 2.14. The van der Waals surface area contributed by atoms with Crippen molar-refractivity contribution in [2.75, 3.05) is 0 Å². The molecule has 0 N–H and O–H groups in total. The molecule has 0 aromatic heterocycles. The number of ether oxygens (including phenoxy) is 1. The molecule has 1 unspecified atom stereocenters. The van der Waals surface area contributed by atoms with Crippen LogP contribution in [0.2, 0.25) is 0 Å². The van der Waals surface area contributed by atoms with Crippen LogP contribution >= 0.6 is 10.2 Å². The van der Waals surface area contributed by atoms with Crippen molar-refractivity contribution in [2.45, 2.75) is 37.7 Å². The van der Waals surface area contributed by atoms with E-state index < -0.39 is 15.1 Å². The van der Waals surface area contributed by atoms with Gasteiger partial charge < -0.3 is 4.74 Å².